The van der Waals surface area contributed by atoms with Crippen molar-refractivity contribution >= 4 is 16.8 Å². The van der Waals surface area contributed by atoms with E-state index in [9.17, 15) is 4.79 Å². The number of pyridine rings is 1. The van der Waals surface area contributed by atoms with Crippen molar-refractivity contribution in [3.63, 3.8) is 0 Å². The average molecular weight is 252 g/mol. The summed E-state index contributed by atoms with van der Waals surface area (Å²) in [4.78, 5) is 15.9. The van der Waals surface area contributed by atoms with Crippen LogP contribution in [0.15, 0.2) is 36.5 Å². The summed E-state index contributed by atoms with van der Waals surface area (Å²) in [7, 11) is 0. The number of hydrogen-bond donors (Lipinski definition) is 2. The SMILES string of the molecule is Cc1ccnc(-c2n[nH]c3ccccc23)c1C(N)=O. The number of rotatable bonds is 2. The van der Waals surface area contributed by atoms with E-state index in [1.165, 1.54) is 0 Å². The zero-order valence-corrected chi connectivity index (χ0v) is 10.3. The zero-order valence-electron chi connectivity index (χ0n) is 10.3. The minimum atomic E-state index is -0.493. The van der Waals surface area contributed by atoms with Gasteiger partial charge in [0.15, 0.2) is 0 Å². The lowest BCUT2D eigenvalue weighted by molar-refractivity contribution is 0.1000. The molecular formula is C14H12N4O. The van der Waals surface area contributed by atoms with Gasteiger partial charge in [-0.15, -0.1) is 0 Å². The molecular weight excluding hydrogens is 240 g/mol. The monoisotopic (exact) mass is 252 g/mol. The van der Waals surface area contributed by atoms with Crippen LogP contribution in [0.3, 0.4) is 0 Å². The summed E-state index contributed by atoms with van der Waals surface area (Å²) >= 11 is 0. The van der Waals surface area contributed by atoms with Crippen LogP contribution >= 0.6 is 0 Å². The first kappa shape index (κ1) is 11.4. The van der Waals surface area contributed by atoms with E-state index in [1.807, 2.05) is 31.2 Å². The van der Waals surface area contributed by atoms with Gasteiger partial charge in [-0.2, -0.15) is 5.10 Å². The number of hydrogen-bond acceptors (Lipinski definition) is 3. The van der Waals surface area contributed by atoms with Gasteiger partial charge < -0.3 is 5.73 Å². The molecule has 3 N–H and O–H groups in total. The number of para-hydroxylation sites is 1. The number of carbonyl (C=O) groups excluding carboxylic acids is 1. The van der Waals surface area contributed by atoms with E-state index in [-0.39, 0.29) is 0 Å². The molecule has 0 spiro atoms. The van der Waals surface area contributed by atoms with Crippen LogP contribution in [0, 0.1) is 6.92 Å². The van der Waals surface area contributed by atoms with E-state index in [0.29, 0.717) is 17.0 Å². The van der Waals surface area contributed by atoms with Gasteiger partial charge in [-0.3, -0.25) is 14.9 Å². The molecule has 94 valence electrons. The lowest BCUT2D eigenvalue weighted by atomic mass is 10.0. The van der Waals surface area contributed by atoms with Crippen LogP contribution in [-0.4, -0.2) is 21.1 Å². The lowest BCUT2D eigenvalue weighted by Gasteiger charge is -2.06. The number of nitrogens with two attached hydrogens (primary N) is 1. The molecule has 5 heteroatoms. The van der Waals surface area contributed by atoms with Crippen molar-refractivity contribution in [2.75, 3.05) is 0 Å². The first-order chi connectivity index (χ1) is 9.18. The summed E-state index contributed by atoms with van der Waals surface area (Å²) in [5.74, 6) is -0.493. The molecule has 0 aliphatic heterocycles. The van der Waals surface area contributed by atoms with Gasteiger partial charge in [0.05, 0.1) is 11.1 Å². The molecule has 0 aliphatic carbocycles. The van der Waals surface area contributed by atoms with E-state index in [4.69, 9.17) is 5.73 Å². The van der Waals surface area contributed by atoms with E-state index in [2.05, 4.69) is 15.2 Å². The summed E-state index contributed by atoms with van der Waals surface area (Å²) in [6.45, 7) is 1.83. The Morgan fingerprint density at radius 1 is 1.21 bits per heavy atom. The number of H-pyrrole nitrogens is 1. The highest BCUT2D eigenvalue weighted by molar-refractivity contribution is 6.03. The molecule has 0 unspecified atom stereocenters. The third-order valence-corrected chi connectivity index (χ3v) is 3.10. The van der Waals surface area contributed by atoms with Gasteiger partial charge in [-0.1, -0.05) is 18.2 Å². The minimum Gasteiger partial charge on any atom is -0.366 e. The smallest absolute Gasteiger partial charge is 0.251 e. The van der Waals surface area contributed by atoms with E-state index in [1.54, 1.807) is 12.3 Å². The average Bonchev–Trinajstić information content (AvgIpc) is 2.81. The number of nitrogens with zero attached hydrogens (tertiary/aromatic N) is 2. The Bertz CT molecular complexity index is 776. The molecule has 1 amide bonds. The summed E-state index contributed by atoms with van der Waals surface area (Å²) < 4.78 is 0. The Hall–Kier alpha value is -2.69. The van der Waals surface area contributed by atoms with Crippen molar-refractivity contribution in [2.24, 2.45) is 5.73 Å². The first-order valence-corrected chi connectivity index (χ1v) is 5.87. The quantitative estimate of drug-likeness (QED) is 0.731. The second-order valence-electron chi connectivity index (χ2n) is 4.33. The van der Waals surface area contributed by atoms with E-state index >= 15 is 0 Å². The number of aromatic amines is 1. The molecule has 0 bridgehead atoms. The van der Waals surface area contributed by atoms with Gasteiger partial charge in [-0.05, 0) is 24.6 Å². The fourth-order valence-corrected chi connectivity index (χ4v) is 2.19. The molecule has 5 nitrogen and oxygen atoms in total. The molecule has 19 heavy (non-hydrogen) atoms. The molecule has 0 radical (unpaired) electrons. The molecule has 0 saturated heterocycles. The Morgan fingerprint density at radius 3 is 2.79 bits per heavy atom. The van der Waals surface area contributed by atoms with Crippen molar-refractivity contribution in [3.05, 3.63) is 47.7 Å². The molecule has 2 aromatic heterocycles. The van der Waals surface area contributed by atoms with Gasteiger partial charge in [0.25, 0.3) is 5.91 Å². The Morgan fingerprint density at radius 2 is 2.00 bits per heavy atom. The third-order valence-electron chi connectivity index (χ3n) is 3.10. The number of aromatic nitrogens is 3. The molecule has 1 aromatic carbocycles. The Kier molecular flexibility index (Phi) is 2.52. The molecule has 3 rings (SSSR count). The maximum absolute atomic E-state index is 11.6. The number of primary amides is 1. The van der Waals surface area contributed by atoms with E-state index < -0.39 is 5.91 Å². The van der Waals surface area contributed by atoms with Crippen LogP contribution in [0.2, 0.25) is 0 Å². The molecule has 0 fully saturated rings. The standard InChI is InChI=1S/C14H12N4O/c1-8-6-7-16-13(11(8)14(15)19)12-9-4-2-3-5-10(9)17-18-12/h2-7H,1H3,(H2,15,19)(H,17,18). The van der Waals surface area contributed by atoms with Gasteiger partial charge in [-0.25, -0.2) is 0 Å². The van der Waals surface area contributed by atoms with Gasteiger partial charge in [0.2, 0.25) is 0 Å². The maximum Gasteiger partial charge on any atom is 0.251 e. The van der Waals surface area contributed by atoms with Crippen LogP contribution in [-0.2, 0) is 0 Å². The molecule has 2 heterocycles. The number of amides is 1. The van der Waals surface area contributed by atoms with E-state index in [0.717, 1.165) is 16.5 Å². The van der Waals surface area contributed by atoms with Gasteiger partial charge >= 0.3 is 0 Å². The lowest BCUT2D eigenvalue weighted by Crippen LogP contribution is -2.15. The molecule has 3 aromatic rings. The van der Waals surface area contributed by atoms with Crippen molar-refractivity contribution in [3.8, 4) is 11.4 Å². The highest BCUT2D eigenvalue weighted by Crippen LogP contribution is 2.28. The molecule has 0 aliphatic rings. The van der Waals surface area contributed by atoms with Crippen LogP contribution in [0.5, 0.6) is 0 Å². The topological polar surface area (TPSA) is 84.7 Å². The summed E-state index contributed by atoms with van der Waals surface area (Å²) in [5, 5.41) is 8.10. The number of aryl methyl sites for hydroxylation is 1. The zero-order chi connectivity index (χ0) is 13.4. The van der Waals surface area contributed by atoms with Crippen LogP contribution in [0.25, 0.3) is 22.3 Å². The number of carbonyl (C=O) groups is 1. The van der Waals surface area contributed by atoms with Crippen molar-refractivity contribution < 1.29 is 4.79 Å². The fraction of sp³-hybridized carbons (Fsp3) is 0.0714. The highest BCUT2D eigenvalue weighted by Gasteiger charge is 2.18. The maximum atomic E-state index is 11.6. The Balaban J connectivity index is 2.33. The minimum absolute atomic E-state index is 0.416. The molecule has 0 saturated carbocycles. The van der Waals surface area contributed by atoms with Crippen molar-refractivity contribution in [1.82, 2.24) is 15.2 Å². The number of nitrogens with one attached hydrogen (secondary N) is 1. The Labute approximate surface area is 109 Å². The number of fused-ring (bicyclic) bond motifs is 1. The number of benzene rings is 1. The van der Waals surface area contributed by atoms with Crippen molar-refractivity contribution in [1.29, 1.82) is 0 Å². The highest BCUT2D eigenvalue weighted by atomic mass is 16.1. The summed E-state index contributed by atoms with van der Waals surface area (Å²) in [6, 6.07) is 9.46. The fourth-order valence-electron chi connectivity index (χ4n) is 2.19. The third kappa shape index (κ3) is 1.76. The predicted molar refractivity (Wildman–Crippen MR) is 72.6 cm³/mol. The largest absolute Gasteiger partial charge is 0.366 e. The molecule has 0 atom stereocenters. The predicted octanol–water partition coefficient (Wildman–Crippen LogP) is 2.03. The van der Waals surface area contributed by atoms with Crippen LogP contribution in [0.4, 0.5) is 0 Å². The first-order valence-electron chi connectivity index (χ1n) is 5.87. The summed E-state index contributed by atoms with van der Waals surface area (Å²) in [6.07, 6.45) is 1.65. The van der Waals surface area contributed by atoms with Crippen LogP contribution < -0.4 is 5.73 Å². The normalized spacial score (nSPS) is 10.8. The van der Waals surface area contributed by atoms with Crippen LogP contribution in [0.1, 0.15) is 15.9 Å². The second-order valence-corrected chi connectivity index (χ2v) is 4.33. The van der Waals surface area contributed by atoms with Gasteiger partial charge in [0.1, 0.15) is 11.4 Å². The van der Waals surface area contributed by atoms with Gasteiger partial charge in [0, 0.05) is 11.6 Å². The van der Waals surface area contributed by atoms with Crippen molar-refractivity contribution in [2.45, 2.75) is 6.92 Å². The second kappa shape index (κ2) is 4.20. The summed E-state index contributed by atoms with van der Waals surface area (Å²) in [5.41, 5.74) is 8.73.